The number of pyridine rings is 1. The van der Waals surface area contributed by atoms with Crippen molar-refractivity contribution in [1.82, 2.24) is 30.1 Å². The van der Waals surface area contributed by atoms with Crippen molar-refractivity contribution in [3.63, 3.8) is 0 Å². The first kappa shape index (κ1) is 25.3. The van der Waals surface area contributed by atoms with Gasteiger partial charge in [-0.3, -0.25) is 14.5 Å². The fourth-order valence-corrected chi connectivity index (χ4v) is 4.57. The average molecular weight is 523 g/mol. The number of aromatic amines is 1. The van der Waals surface area contributed by atoms with E-state index in [-0.39, 0.29) is 43.9 Å². The number of carbonyl (C=O) groups excluding carboxylic acids is 1. The highest BCUT2D eigenvalue weighted by Gasteiger charge is 2.27. The van der Waals surface area contributed by atoms with Crippen molar-refractivity contribution in [2.45, 2.75) is 45.9 Å². The molecule has 0 amide bonds. The minimum absolute atomic E-state index is 0.132. The third-order valence-corrected chi connectivity index (χ3v) is 6.36. The van der Waals surface area contributed by atoms with Crippen LogP contribution in [0.2, 0.25) is 0 Å². The summed E-state index contributed by atoms with van der Waals surface area (Å²) in [6, 6.07) is 11.2. The highest BCUT2D eigenvalue weighted by Crippen LogP contribution is 2.35. The Kier molecular flexibility index (Phi) is 7.31. The fourth-order valence-electron chi connectivity index (χ4n) is 4.57. The van der Waals surface area contributed by atoms with Gasteiger partial charge < -0.3 is 19.2 Å². The van der Waals surface area contributed by atoms with Gasteiger partial charge in [0.2, 0.25) is 6.79 Å². The second-order valence-corrected chi connectivity index (χ2v) is 8.87. The van der Waals surface area contributed by atoms with Crippen LogP contribution in [0.5, 0.6) is 11.5 Å². The van der Waals surface area contributed by atoms with Crippen LogP contribution in [0.4, 0.5) is 4.39 Å². The number of halogens is 1. The van der Waals surface area contributed by atoms with Crippen molar-refractivity contribution in [2.24, 2.45) is 0 Å². The molecular weight excluding hydrogens is 495 g/mol. The van der Waals surface area contributed by atoms with E-state index in [1.54, 1.807) is 25.1 Å². The normalized spacial score (nSPS) is 13.3. The van der Waals surface area contributed by atoms with Gasteiger partial charge in [-0.15, -0.1) is 5.10 Å². The summed E-state index contributed by atoms with van der Waals surface area (Å²) < 4.78 is 31.0. The highest BCUT2D eigenvalue weighted by molar-refractivity contribution is 5.83. The van der Waals surface area contributed by atoms with Gasteiger partial charge in [-0.2, -0.15) is 0 Å². The first-order valence-corrected chi connectivity index (χ1v) is 12.3. The lowest BCUT2D eigenvalue weighted by Crippen LogP contribution is -2.33. The molecule has 0 fully saturated rings. The lowest BCUT2D eigenvalue weighted by Gasteiger charge is -2.30. The molecule has 0 saturated carbocycles. The average Bonchev–Trinajstić information content (AvgIpc) is 3.54. The van der Waals surface area contributed by atoms with E-state index in [0.29, 0.717) is 41.4 Å². The number of tetrazole rings is 1. The van der Waals surface area contributed by atoms with E-state index in [1.807, 2.05) is 24.0 Å². The number of hydrogen-bond donors (Lipinski definition) is 1. The molecule has 1 aliphatic heterocycles. The van der Waals surface area contributed by atoms with Crippen LogP contribution in [0.3, 0.4) is 0 Å². The number of rotatable bonds is 10. The molecule has 2 aromatic heterocycles. The summed E-state index contributed by atoms with van der Waals surface area (Å²) in [5.74, 6) is 0.867. The molecule has 0 spiro atoms. The monoisotopic (exact) mass is 522 g/mol. The van der Waals surface area contributed by atoms with Gasteiger partial charge in [0.25, 0.3) is 5.56 Å². The standard InChI is InChI=1S/C26H27FN6O5/c1-3-21(25-29-30-31-33(25)14-24(34)36-4-2)32(12-16-5-7-19(27)8-6-16)13-18-9-17-10-22-23(38-15-37-22)11-20(17)28-26(18)35/h5-11,21H,3-4,12-15H2,1-2H3,(H,28,35)/t21-/m1/s1. The smallest absolute Gasteiger partial charge is 0.327 e. The fraction of sp³-hybridized carbons (Fsp3) is 0.346. The van der Waals surface area contributed by atoms with E-state index < -0.39 is 5.97 Å². The van der Waals surface area contributed by atoms with Gasteiger partial charge in [-0.1, -0.05) is 19.1 Å². The zero-order valence-corrected chi connectivity index (χ0v) is 21.0. The SMILES string of the molecule is CCOC(=O)Cn1nnnc1[C@@H](CC)N(Cc1ccc(F)cc1)Cc1cc2cc3c(cc2[nH]c1=O)OCO3. The number of ether oxygens (including phenoxy) is 3. The second-order valence-electron chi connectivity index (χ2n) is 8.87. The molecule has 11 nitrogen and oxygen atoms in total. The van der Waals surface area contributed by atoms with Gasteiger partial charge in [0, 0.05) is 30.1 Å². The maximum Gasteiger partial charge on any atom is 0.327 e. The Morgan fingerprint density at radius 2 is 1.92 bits per heavy atom. The molecule has 2 aromatic carbocycles. The van der Waals surface area contributed by atoms with E-state index in [1.165, 1.54) is 16.8 Å². The van der Waals surface area contributed by atoms with Gasteiger partial charge in [-0.25, -0.2) is 9.07 Å². The summed E-state index contributed by atoms with van der Waals surface area (Å²) in [6.07, 6.45) is 0.578. The van der Waals surface area contributed by atoms with Crippen molar-refractivity contribution in [2.75, 3.05) is 13.4 Å². The van der Waals surface area contributed by atoms with Gasteiger partial charge >= 0.3 is 5.97 Å². The van der Waals surface area contributed by atoms with E-state index in [9.17, 15) is 14.0 Å². The molecule has 38 heavy (non-hydrogen) atoms. The number of esters is 1. The number of hydrogen-bond acceptors (Lipinski definition) is 9. The predicted octanol–water partition coefficient (Wildman–Crippen LogP) is 3.10. The van der Waals surface area contributed by atoms with Crippen molar-refractivity contribution < 1.29 is 23.4 Å². The van der Waals surface area contributed by atoms with E-state index >= 15 is 0 Å². The van der Waals surface area contributed by atoms with Crippen molar-refractivity contribution in [3.8, 4) is 11.5 Å². The van der Waals surface area contributed by atoms with Crippen LogP contribution in [-0.2, 0) is 29.2 Å². The first-order chi connectivity index (χ1) is 18.4. The van der Waals surface area contributed by atoms with Crippen LogP contribution in [0.1, 0.15) is 43.3 Å². The molecule has 3 heterocycles. The van der Waals surface area contributed by atoms with Gasteiger partial charge in [0.05, 0.1) is 18.2 Å². The second kappa shape index (κ2) is 11.0. The first-order valence-electron chi connectivity index (χ1n) is 12.3. The van der Waals surface area contributed by atoms with Crippen molar-refractivity contribution >= 4 is 16.9 Å². The highest BCUT2D eigenvalue weighted by atomic mass is 19.1. The van der Waals surface area contributed by atoms with Crippen molar-refractivity contribution in [3.05, 3.63) is 75.6 Å². The molecule has 0 saturated heterocycles. The van der Waals surface area contributed by atoms with Gasteiger partial charge in [-0.05, 0) is 53.6 Å². The molecule has 0 radical (unpaired) electrons. The van der Waals surface area contributed by atoms with Gasteiger partial charge in [0.15, 0.2) is 17.3 Å². The Bertz CT molecular complexity index is 1500. The molecule has 5 rings (SSSR count). The van der Waals surface area contributed by atoms with Crippen LogP contribution in [0, 0.1) is 5.82 Å². The number of carbonyl (C=O) groups is 1. The summed E-state index contributed by atoms with van der Waals surface area (Å²) >= 11 is 0. The third-order valence-electron chi connectivity index (χ3n) is 6.36. The Labute approximate surface area is 217 Å². The molecule has 1 aliphatic rings. The number of fused-ring (bicyclic) bond motifs is 2. The van der Waals surface area contributed by atoms with Crippen LogP contribution in [0.25, 0.3) is 10.9 Å². The van der Waals surface area contributed by atoms with E-state index in [4.69, 9.17) is 14.2 Å². The third kappa shape index (κ3) is 5.35. The predicted molar refractivity (Wildman–Crippen MR) is 134 cm³/mol. The molecule has 12 heteroatoms. The number of nitrogens with zero attached hydrogens (tertiary/aromatic N) is 5. The zero-order valence-electron chi connectivity index (χ0n) is 21.0. The molecule has 198 valence electrons. The maximum atomic E-state index is 13.6. The summed E-state index contributed by atoms with van der Waals surface area (Å²) in [4.78, 5) is 30.3. The Morgan fingerprint density at radius 1 is 1.16 bits per heavy atom. The van der Waals surface area contributed by atoms with Gasteiger partial charge in [0.1, 0.15) is 12.4 Å². The Hall–Kier alpha value is -4.32. The van der Waals surface area contributed by atoms with E-state index in [2.05, 4.69) is 20.5 Å². The van der Waals surface area contributed by atoms with E-state index in [0.717, 1.165) is 10.9 Å². The number of aromatic nitrogens is 5. The molecule has 0 unspecified atom stereocenters. The van der Waals surface area contributed by atoms with Crippen LogP contribution in [-0.4, -0.2) is 49.5 Å². The Morgan fingerprint density at radius 3 is 2.66 bits per heavy atom. The summed E-state index contributed by atoms with van der Waals surface area (Å²) in [6.45, 7) is 4.55. The zero-order chi connectivity index (χ0) is 26.6. The Balaban J connectivity index is 1.51. The molecule has 0 bridgehead atoms. The van der Waals surface area contributed by atoms with Crippen LogP contribution >= 0.6 is 0 Å². The number of nitrogens with one attached hydrogen (secondary N) is 1. The molecule has 0 aliphatic carbocycles. The maximum absolute atomic E-state index is 13.6. The van der Waals surface area contributed by atoms with Crippen molar-refractivity contribution in [1.29, 1.82) is 0 Å². The molecule has 1 atom stereocenters. The number of benzene rings is 2. The lowest BCUT2D eigenvalue weighted by molar-refractivity contribution is -0.144. The minimum atomic E-state index is -0.453. The molecular formula is C26H27FN6O5. The quantitative estimate of drug-likeness (QED) is 0.313. The molecule has 4 aromatic rings. The summed E-state index contributed by atoms with van der Waals surface area (Å²) in [7, 11) is 0. The number of H-pyrrole nitrogens is 1. The topological polar surface area (TPSA) is 124 Å². The van der Waals surface area contributed by atoms with Crippen LogP contribution < -0.4 is 15.0 Å². The largest absolute Gasteiger partial charge is 0.465 e. The van der Waals surface area contributed by atoms with Crippen LogP contribution in [0.15, 0.2) is 47.3 Å². The summed E-state index contributed by atoms with van der Waals surface area (Å²) in [5.41, 5.74) is 1.75. The lowest BCUT2D eigenvalue weighted by atomic mass is 10.1. The minimum Gasteiger partial charge on any atom is -0.465 e. The molecule has 1 N–H and O–H groups in total. The summed E-state index contributed by atoms with van der Waals surface area (Å²) in [5, 5.41) is 12.8.